The van der Waals surface area contributed by atoms with Gasteiger partial charge in [0.2, 0.25) is 5.82 Å². The van der Waals surface area contributed by atoms with Gasteiger partial charge in [-0.2, -0.15) is 18.2 Å². The fourth-order valence-corrected chi connectivity index (χ4v) is 3.97. The van der Waals surface area contributed by atoms with Gasteiger partial charge < -0.3 is 14.2 Å². The second-order valence-corrected chi connectivity index (χ2v) is 10.3. The maximum Gasteiger partial charge on any atom is 0.397 e. The minimum absolute atomic E-state index is 0.131. The summed E-state index contributed by atoms with van der Waals surface area (Å²) in [6.45, 7) is 6.05. The molecule has 0 fully saturated rings. The zero-order chi connectivity index (χ0) is 27.0. The van der Waals surface area contributed by atoms with Crippen LogP contribution >= 0.6 is 0 Å². The standard InChI is InChI=1S/C28H28F3N3O3/c1-26(2,36)15-18-6-5-7-19(14-18)16-34-17-21(10-13-23(34)35)25-32-24(33-37-25)20-8-11-22(12-9-20)27(3,4)28(29,30)31/h5-14,17,36H,15-16H2,1-4H3. The van der Waals surface area contributed by atoms with E-state index < -0.39 is 17.2 Å². The first-order valence-electron chi connectivity index (χ1n) is 11.8. The molecule has 0 bridgehead atoms. The molecule has 37 heavy (non-hydrogen) atoms. The lowest BCUT2D eigenvalue weighted by Gasteiger charge is -2.28. The molecule has 2 aromatic heterocycles. The molecule has 0 saturated heterocycles. The highest BCUT2D eigenvalue weighted by molar-refractivity contribution is 5.59. The Balaban J connectivity index is 1.56. The molecule has 1 N–H and O–H groups in total. The molecule has 0 aliphatic rings. The molecule has 0 unspecified atom stereocenters. The predicted molar refractivity (Wildman–Crippen MR) is 134 cm³/mol. The summed E-state index contributed by atoms with van der Waals surface area (Å²) in [5.41, 5.74) is -0.0237. The van der Waals surface area contributed by atoms with Gasteiger partial charge in [-0.05, 0) is 50.5 Å². The molecule has 0 saturated carbocycles. The third-order valence-corrected chi connectivity index (χ3v) is 6.21. The molecule has 0 atom stereocenters. The Morgan fingerprint density at radius 1 is 0.919 bits per heavy atom. The Hall–Kier alpha value is -3.72. The number of pyridine rings is 1. The van der Waals surface area contributed by atoms with Crippen LogP contribution in [0.5, 0.6) is 0 Å². The van der Waals surface area contributed by atoms with Gasteiger partial charge in [0.25, 0.3) is 11.4 Å². The molecule has 4 aromatic rings. The van der Waals surface area contributed by atoms with Crippen LogP contribution in [0.1, 0.15) is 44.4 Å². The number of halogens is 3. The average molecular weight is 512 g/mol. The number of aromatic nitrogens is 3. The molecular weight excluding hydrogens is 483 g/mol. The quantitative estimate of drug-likeness (QED) is 0.341. The lowest BCUT2D eigenvalue weighted by Crippen LogP contribution is -2.36. The van der Waals surface area contributed by atoms with Crippen LogP contribution in [0, 0.1) is 0 Å². The summed E-state index contributed by atoms with van der Waals surface area (Å²) in [7, 11) is 0. The Bertz CT molecular complexity index is 1450. The number of nitrogens with zero attached hydrogens (tertiary/aromatic N) is 3. The maximum absolute atomic E-state index is 13.3. The van der Waals surface area contributed by atoms with Crippen LogP contribution in [0.25, 0.3) is 22.8 Å². The summed E-state index contributed by atoms with van der Waals surface area (Å²) < 4.78 is 46.9. The highest BCUT2D eigenvalue weighted by atomic mass is 19.4. The highest BCUT2D eigenvalue weighted by Gasteiger charge is 2.48. The first-order valence-corrected chi connectivity index (χ1v) is 11.8. The van der Waals surface area contributed by atoms with Gasteiger partial charge in [-0.3, -0.25) is 4.79 Å². The van der Waals surface area contributed by atoms with Gasteiger partial charge in [0, 0.05) is 24.2 Å². The van der Waals surface area contributed by atoms with Crippen LogP contribution in [0.15, 0.2) is 76.2 Å². The molecular formula is C28H28F3N3O3. The van der Waals surface area contributed by atoms with Crippen molar-refractivity contribution in [2.45, 2.75) is 57.9 Å². The Labute approximate surface area is 212 Å². The van der Waals surface area contributed by atoms with Crippen molar-refractivity contribution in [2.24, 2.45) is 0 Å². The molecule has 194 valence electrons. The van der Waals surface area contributed by atoms with Crippen LogP contribution in [0.4, 0.5) is 13.2 Å². The Morgan fingerprint density at radius 3 is 2.22 bits per heavy atom. The number of benzene rings is 2. The number of hydrogen-bond acceptors (Lipinski definition) is 5. The first kappa shape index (κ1) is 26.3. The van der Waals surface area contributed by atoms with E-state index >= 15 is 0 Å². The predicted octanol–water partition coefficient (Wildman–Crippen LogP) is 5.77. The molecule has 4 rings (SSSR count). The van der Waals surface area contributed by atoms with E-state index in [1.807, 2.05) is 24.3 Å². The molecule has 9 heteroatoms. The summed E-state index contributed by atoms with van der Waals surface area (Å²) in [6, 6.07) is 16.5. The van der Waals surface area contributed by atoms with Gasteiger partial charge in [-0.25, -0.2) is 0 Å². The van der Waals surface area contributed by atoms with Crippen molar-refractivity contribution in [1.29, 1.82) is 0 Å². The normalized spacial score (nSPS) is 12.6. The first-order chi connectivity index (χ1) is 17.2. The van der Waals surface area contributed by atoms with Gasteiger partial charge in [-0.1, -0.05) is 53.7 Å². The van der Waals surface area contributed by atoms with E-state index in [1.165, 1.54) is 34.9 Å². The molecule has 2 heterocycles. The lowest BCUT2D eigenvalue weighted by molar-refractivity contribution is -0.180. The van der Waals surface area contributed by atoms with Crippen molar-refractivity contribution < 1.29 is 22.8 Å². The smallest absolute Gasteiger partial charge is 0.390 e. The molecule has 2 aromatic carbocycles. The van der Waals surface area contributed by atoms with Gasteiger partial charge in [0.05, 0.1) is 23.1 Å². The highest BCUT2D eigenvalue weighted by Crippen LogP contribution is 2.40. The van der Waals surface area contributed by atoms with Crippen molar-refractivity contribution in [3.63, 3.8) is 0 Å². The van der Waals surface area contributed by atoms with E-state index in [0.29, 0.717) is 24.1 Å². The van der Waals surface area contributed by atoms with E-state index in [9.17, 15) is 23.1 Å². The van der Waals surface area contributed by atoms with Crippen LogP contribution < -0.4 is 5.56 Å². The van der Waals surface area contributed by atoms with Crippen molar-refractivity contribution in [3.05, 3.63) is 93.9 Å². The van der Waals surface area contributed by atoms with E-state index in [1.54, 1.807) is 26.1 Å². The summed E-state index contributed by atoms with van der Waals surface area (Å²) in [5.74, 6) is 0.405. The molecule has 0 radical (unpaired) electrons. The van der Waals surface area contributed by atoms with Crippen LogP contribution in [0.3, 0.4) is 0 Å². The minimum Gasteiger partial charge on any atom is -0.390 e. The summed E-state index contributed by atoms with van der Waals surface area (Å²) in [6.07, 6.45) is -2.28. The third kappa shape index (κ3) is 5.99. The van der Waals surface area contributed by atoms with Gasteiger partial charge in [0.1, 0.15) is 0 Å². The molecule has 0 amide bonds. The fraction of sp³-hybridized carbons (Fsp3) is 0.321. The van der Waals surface area contributed by atoms with Crippen LogP contribution in [-0.4, -0.2) is 31.6 Å². The topological polar surface area (TPSA) is 81.2 Å². The number of hydrogen-bond donors (Lipinski definition) is 1. The molecule has 6 nitrogen and oxygen atoms in total. The molecule has 0 aliphatic heterocycles. The summed E-state index contributed by atoms with van der Waals surface area (Å²) >= 11 is 0. The van der Waals surface area contributed by atoms with Crippen molar-refractivity contribution in [1.82, 2.24) is 14.7 Å². The third-order valence-electron chi connectivity index (χ3n) is 6.21. The van der Waals surface area contributed by atoms with Crippen LogP contribution in [0.2, 0.25) is 0 Å². The van der Waals surface area contributed by atoms with Crippen molar-refractivity contribution >= 4 is 0 Å². The lowest BCUT2D eigenvalue weighted by atomic mass is 9.83. The van der Waals surface area contributed by atoms with E-state index in [4.69, 9.17) is 4.52 Å². The Morgan fingerprint density at radius 2 is 1.57 bits per heavy atom. The van der Waals surface area contributed by atoms with Crippen LogP contribution in [-0.2, 0) is 18.4 Å². The second-order valence-electron chi connectivity index (χ2n) is 10.3. The number of aliphatic hydroxyl groups is 1. The average Bonchev–Trinajstić information content (AvgIpc) is 3.29. The van der Waals surface area contributed by atoms with E-state index in [-0.39, 0.29) is 22.8 Å². The van der Waals surface area contributed by atoms with E-state index in [0.717, 1.165) is 25.0 Å². The number of alkyl halides is 3. The summed E-state index contributed by atoms with van der Waals surface area (Å²) in [5, 5.41) is 14.1. The van der Waals surface area contributed by atoms with Gasteiger partial charge in [0.15, 0.2) is 0 Å². The number of rotatable bonds is 7. The second kappa shape index (κ2) is 9.63. The largest absolute Gasteiger partial charge is 0.397 e. The zero-order valence-electron chi connectivity index (χ0n) is 21.0. The summed E-state index contributed by atoms with van der Waals surface area (Å²) in [4.78, 5) is 16.9. The van der Waals surface area contributed by atoms with Crippen molar-refractivity contribution in [2.75, 3.05) is 0 Å². The minimum atomic E-state index is -4.38. The maximum atomic E-state index is 13.3. The Kier molecular flexibility index (Phi) is 6.85. The van der Waals surface area contributed by atoms with Crippen molar-refractivity contribution in [3.8, 4) is 22.8 Å². The fourth-order valence-electron chi connectivity index (χ4n) is 3.97. The van der Waals surface area contributed by atoms with E-state index in [2.05, 4.69) is 10.1 Å². The molecule has 0 spiro atoms. The van der Waals surface area contributed by atoms with Gasteiger partial charge in [-0.15, -0.1) is 0 Å². The monoisotopic (exact) mass is 511 g/mol. The molecule has 0 aliphatic carbocycles. The van der Waals surface area contributed by atoms with Gasteiger partial charge >= 0.3 is 6.18 Å². The SMILES string of the molecule is CC(C)(O)Cc1cccc(Cn2cc(-c3nc(-c4ccc(C(C)(C)C(F)(F)F)cc4)no3)ccc2=O)c1. The zero-order valence-corrected chi connectivity index (χ0v) is 21.0.